The Labute approximate surface area is 122 Å². The van der Waals surface area contributed by atoms with E-state index in [0.29, 0.717) is 12.2 Å². The highest BCUT2D eigenvalue weighted by Gasteiger charge is 2.21. The van der Waals surface area contributed by atoms with Crippen molar-refractivity contribution in [3.63, 3.8) is 0 Å². The summed E-state index contributed by atoms with van der Waals surface area (Å²) in [5, 5.41) is 0. The molecule has 0 saturated carbocycles. The maximum atomic E-state index is 13.2. The van der Waals surface area contributed by atoms with Crippen LogP contribution in [0.4, 0.5) is 8.78 Å². The highest BCUT2D eigenvalue weighted by atomic mass is 19.1. The largest absolute Gasteiger partial charge is 0.366 e. The van der Waals surface area contributed by atoms with Gasteiger partial charge in [0.2, 0.25) is 0 Å². The molecule has 2 aromatic carbocycles. The van der Waals surface area contributed by atoms with E-state index in [4.69, 9.17) is 4.74 Å². The molecule has 0 radical (unpaired) electrons. The molecular weight excluding hydrogens is 274 g/mol. The first-order valence-electron chi connectivity index (χ1n) is 6.74. The first-order valence-corrected chi connectivity index (χ1v) is 6.74. The fraction of sp³-hybridized carbons (Fsp3) is 0.235. The summed E-state index contributed by atoms with van der Waals surface area (Å²) in [7, 11) is 0. The van der Waals surface area contributed by atoms with E-state index < -0.39 is 17.7 Å². The molecule has 2 rings (SSSR count). The third kappa shape index (κ3) is 4.20. The lowest BCUT2D eigenvalue weighted by atomic mass is 9.99. The van der Waals surface area contributed by atoms with Crippen molar-refractivity contribution in [2.24, 2.45) is 0 Å². The molecule has 2 nitrogen and oxygen atoms in total. The zero-order valence-corrected chi connectivity index (χ0v) is 11.7. The molecule has 110 valence electrons. The fourth-order valence-corrected chi connectivity index (χ4v) is 2.18. The number of hydrogen-bond donors (Lipinski definition) is 0. The van der Waals surface area contributed by atoms with Gasteiger partial charge in [0.05, 0.1) is 0 Å². The first-order chi connectivity index (χ1) is 10.1. The minimum absolute atomic E-state index is 0.0752. The van der Waals surface area contributed by atoms with Gasteiger partial charge in [-0.3, -0.25) is 4.79 Å². The Balaban J connectivity index is 2.19. The Bertz CT molecular complexity index is 591. The Hall–Kier alpha value is -2.07. The molecule has 1 atom stereocenters. The fourth-order valence-electron chi connectivity index (χ4n) is 2.18. The molecule has 2 aromatic rings. The second-order valence-electron chi connectivity index (χ2n) is 4.67. The van der Waals surface area contributed by atoms with Crippen molar-refractivity contribution >= 4 is 5.78 Å². The topological polar surface area (TPSA) is 26.3 Å². The van der Waals surface area contributed by atoms with E-state index in [2.05, 4.69) is 0 Å². The van der Waals surface area contributed by atoms with Crippen LogP contribution in [0, 0.1) is 11.6 Å². The number of Topliss-reactive ketones (excluding diaryl/α,β-unsaturated/α-hetero) is 1. The molecule has 0 aromatic heterocycles. The van der Waals surface area contributed by atoms with Crippen LogP contribution in [0.25, 0.3) is 0 Å². The number of rotatable bonds is 6. The van der Waals surface area contributed by atoms with Crippen molar-refractivity contribution in [1.82, 2.24) is 0 Å². The maximum Gasteiger partial charge on any atom is 0.170 e. The van der Waals surface area contributed by atoms with Gasteiger partial charge in [0.15, 0.2) is 5.78 Å². The van der Waals surface area contributed by atoms with Gasteiger partial charge in [0.25, 0.3) is 0 Å². The van der Waals surface area contributed by atoms with Crippen molar-refractivity contribution in [2.45, 2.75) is 19.4 Å². The van der Waals surface area contributed by atoms with Gasteiger partial charge in [-0.25, -0.2) is 8.78 Å². The van der Waals surface area contributed by atoms with Crippen LogP contribution in [-0.4, -0.2) is 12.4 Å². The lowest BCUT2D eigenvalue weighted by molar-refractivity contribution is -0.130. The Morgan fingerprint density at radius 1 is 1.10 bits per heavy atom. The van der Waals surface area contributed by atoms with Crippen molar-refractivity contribution in [3.05, 3.63) is 71.3 Å². The molecule has 0 saturated heterocycles. The van der Waals surface area contributed by atoms with Crippen LogP contribution in [0.3, 0.4) is 0 Å². The number of ether oxygens (including phenoxy) is 1. The third-order valence-corrected chi connectivity index (χ3v) is 3.03. The van der Waals surface area contributed by atoms with Gasteiger partial charge in [0, 0.05) is 19.1 Å². The molecule has 0 amide bonds. The summed E-state index contributed by atoms with van der Waals surface area (Å²) >= 11 is 0. The van der Waals surface area contributed by atoms with Gasteiger partial charge < -0.3 is 4.74 Å². The van der Waals surface area contributed by atoms with Crippen molar-refractivity contribution < 1.29 is 18.3 Å². The Morgan fingerprint density at radius 3 is 2.29 bits per heavy atom. The average Bonchev–Trinajstić information content (AvgIpc) is 2.44. The van der Waals surface area contributed by atoms with E-state index in [1.54, 1.807) is 19.1 Å². The molecular formula is C17H16F2O2. The quantitative estimate of drug-likeness (QED) is 0.807. The number of benzene rings is 2. The van der Waals surface area contributed by atoms with E-state index in [1.165, 1.54) is 0 Å². The van der Waals surface area contributed by atoms with E-state index in [9.17, 15) is 13.6 Å². The summed E-state index contributed by atoms with van der Waals surface area (Å²) < 4.78 is 31.8. The Morgan fingerprint density at radius 2 is 1.71 bits per heavy atom. The lowest BCUT2D eigenvalue weighted by Gasteiger charge is -2.16. The number of carbonyl (C=O) groups is 1. The molecule has 21 heavy (non-hydrogen) atoms. The van der Waals surface area contributed by atoms with Crippen LogP contribution in [-0.2, 0) is 16.0 Å². The van der Waals surface area contributed by atoms with Crippen LogP contribution in [0.5, 0.6) is 0 Å². The zero-order chi connectivity index (χ0) is 15.2. The normalized spacial score (nSPS) is 12.1. The van der Waals surface area contributed by atoms with Gasteiger partial charge in [-0.05, 0) is 30.2 Å². The second kappa shape index (κ2) is 7.09. The minimum Gasteiger partial charge on any atom is -0.366 e. The van der Waals surface area contributed by atoms with Crippen LogP contribution < -0.4 is 0 Å². The van der Waals surface area contributed by atoms with Crippen LogP contribution in [0.15, 0.2) is 48.5 Å². The predicted molar refractivity (Wildman–Crippen MR) is 75.9 cm³/mol. The van der Waals surface area contributed by atoms with Gasteiger partial charge in [-0.1, -0.05) is 30.3 Å². The standard InChI is InChI=1S/C17H16F2O2/c1-2-21-17(13-6-4-3-5-7-13)16(20)10-12-8-14(18)11-15(19)9-12/h3-9,11,17H,2,10H2,1H3. The lowest BCUT2D eigenvalue weighted by Crippen LogP contribution is -2.18. The maximum absolute atomic E-state index is 13.2. The van der Waals surface area contributed by atoms with Gasteiger partial charge >= 0.3 is 0 Å². The van der Waals surface area contributed by atoms with E-state index in [0.717, 1.165) is 23.8 Å². The number of carbonyl (C=O) groups excluding carboxylic acids is 1. The van der Waals surface area contributed by atoms with Crippen molar-refractivity contribution in [3.8, 4) is 0 Å². The molecule has 0 aliphatic heterocycles. The molecule has 0 aliphatic rings. The summed E-state index contributed by atoms with van der Waals surface area (Å²) in [4.78, 5) is 12.4. The molecule has 0 bridgehead atoms. The smallest absolute Gasteiger partial charge is 0.170 e. The van der Waals surface area contributed by atoms with Gasteiger partial charge in [0.1, 0.15) is 17.7 Å². The van der Waals surface area contributed by atoms with Crippen LogP contribution in [0.2, 0.25) is 0 Å². The highest BCUT2D eigenvalue weighted by molar-refractivity contribution is 5.86. The summed E-state index contributed by atoms with van der Waals surface area (Å²) in [6.07, 6.45) is -0.795. The van der Waals surface area contributed by atoms with Gasteiger partial charge in [-0.2, -0.15) is 0 Å². The third-order valence-electron chi connectivity index (χ3n) is 3.03. The second-order valence-corrected chi connectivity index (χ2v) is 4.67. The SMILES string of the molecule is CCOC(C(=O)Cc1cc(F)cc(F)c1)c1ccccc1. The van der Waals surface area contributed by atoms with E-state index in [1.807, 2.05) is 18.2 Å². The van der Waals surface area contributed by atoms with Crippen LogP contribution in [0.1, 0.15) is 24.2 Å². The minimum atomic E-state index is -0.720. The Kier molecular flexibility index (Phi) is 5.17. The zero-order valence-electron chi connectivity index (χ0n) is 11.7. The highest BCUT2D eigenvalue weighted by Crippen LogP contribution is 2.21. The first kappa shape index (κ1) is 15.3. The number of halogens is 2. The van der Waals surface area contributed by atoms with Crippen LogP contribution >= 0.6 is 0 Å². The van der Waals surface area contributed by atoms with Crippen molar-refractivity contribution in [2.75, 3.05) is 6.61 Å². The summed E-state index contributed by atoms with van der Waals surface area (Å²) in [5.41, 5.74) is 1.04. The summed E-state index contributed by atoms with van der Waals surface area (Å²) in [5.74, 6) is -1.61. The summed E-state index contributed by atoms with van der Waals surface area (Å²) in [6, 6.07) is 12.2. The molecule has 1 unspecified atom stereocenters. The molecule has 0 N–H and O–H groups in total. The number of hydrogen-bond acceptors (Lipinski definition) is 2. The monoisotopic (exact) mass is 290 g/mol. The predicted octanol–water partition coefficient (Wildman–Crippen LogP) is 3.85. The van der Waals surface area contributed by atoms with E-state index >= 15 is 0 Å². The van der Waals surface area contributed by atoms with Crippen molar-refractivity contribution in [1.29, 1.82) is 0 Å². The molecule has 0 heterocycles. The van der Waals surface area contributed by atoms with Gasteiger partial charge in [-0.15, -0.1) is 0 Å². The molecule has 0 spiro atoms. The number of ketones is 1. The summed E-state index contributed by atoms with van der Waals surface area (Å²) in [6.45, 7) is 2.17. The molecule has 0 fully saturated rings. The molecule has 4 heteroatoms. The molecule has 0 aliphatic carbocycles. The van der Waals surface area contributed by atoms with E-state index in [-0.39, 0.29) is 12.2 Å². The average molecular weight is 290 g/mol.